The molecule has 3 aromatic carbocycles. The molecule has 0 amide bonds. The predicted molar refractivity (Wildman–Crippen MR) is 156 cm³/mol. The van der Waals surface area contributed by atoms with Crippen LogP contribution in [-0.2, 0) is 11.4 Å². The molecular weight excluding hydrogens is 649 g/mol. The topological polar surface area (TPSA) is 137 Å². The number of rotatable bonds is 11. The second-order valence-electron chi connectivity index (χ2n) is 7.98. The highest BCUT2D eigenvalue weighted by Crippen LogP contribution is 2.37. The minimum absolute atomic E-state index is 0.0446. The first-order chi connectivity index (χ1) is 19.3. The highest BCUT2D eigenvalue weighted by atomic mass is 127. The van der Waals surface area contributed by atoms with Crippen molar-refractivity contribution >= 4 is 46.4 Å². The van der Waals surface area contributed by atoms with Gasteiger partial charge in [0, 0.05) is 17.2 Å². The Morgan fingerprint density at radius 1 is 1.07 bits per heavy atom. The zero-order chi connectivity index (χ0) is 28.6. The second kappa shape index (κ2) is 13.2. The first-order valence-electron chi connectivity index (χ1n) is 11.5. The van der Waals surface area contributed by atoms with E-state index in [1.54, 1.807) is 42.5 Å². The summed E-state index contributed by atoms with van der Waals surface area (Å²) in [5, 5.41) is 27.3. The number of hydrogen-bond donors (Lipinski definition) is 1. The Morgan fingerprint density at radius 3 is 2.45 bits per heavy atom. The number of ether oxygens (including phenoxy) is 4. The number of nitriles is 1. The number of carboxylic acid groups (broad SMARTS) is 1. The number of aromatic nitrogens is 2. The third-order valence-corrected chi connectivity index (χ3v) is 7.13. The zero-order valence-electron chi connectivity index (χ0n) is 21.5. The number of carbonyl (C=O) groups is 1. The first kappa shape index (κ1) is 28.8. The van der Waals surface area contributed by atoms with Crippen molar-refractivity contribution in [1.82, 2.24) is 10.2 Å². The lowest BCUT2D eigenvalue weighted by Crippen LogP contribution is -2.02. The van der Waals surface area contributed by atoms with Crippen LogP contribution in [0.3, 0.4) is 0 Å². The minimum Gasteiger partial charge on any atom is -0.497 e. The van der Waals surface area contributed by atoms with Crippen LogP contribution in [0.1, 0.15) is 16.7 Å². The van der Waals surface area contributed by atoms with Gasteiger partial charge in [0.05, 0.1) is 36.5 Å². The average Bonchev–Trinajstić information content (AvgIpc) is 3.44. The Balaban J connectivity index is 1.57. The molecule has 1 heterocycles. The average molecular weight is 671 g/mol. The van der Waals surface area contributed by atoms with Crippen LogP contribution in [-0.4, -0.2) is 42.6 Å². The number of hydrogen-bond acceptors (Lipinski definition) is 10. The van der Waals surface area contributed by atoms with E-state index in [2.05, 4.69) is 38.9 Å². The molecule has 40 heavy (non-hydrogen) atoms. The van der Waals surface area contributed by atoms with Gasteiger partial charge in [-0.2, -0.15) is 5.26 Å². The van der Waals surface area contributed by atoms with Gasteiger partial charge in [-0.05, 0) is 76.3 Å². The normalized spacial score (nSPS) is 11.0. The molecule has 0 aliphatic heterocycles. The highest BCUT2D eigenvalue weighted by Gasteiger charge is 2.19. The summed E-state index contributed by atoms with van der Waals surface area (Å²) < 4.78 is 28.5. The van der Waals surface area contributed by atoms with Gasteiger partial charge in [-0.25, -0.2) is 4.79 Å². The standard InChI is InChI=1S/C28H22IN3O7S/c1-35-20-11-19(12-21(13-20)36-2)26-31-32-28(39-26)40-24(27(33)34)10-16-8-22(29)25(23(9-16)37-3)38-15-18-7-5-4-6-17(18)14-30/h4-13H,15H2,1-3H3,(H,33,34)/b24-10-. The molecule has 0 bridgehead atoms. The molecule has 12 heteroatoms. The van der Waals surface area contributed by atoms with E-state index in [9.17, 15) is 15.2 Å². The summed E-state index contributed by atoms with van der Waals surface area (Å²) in [5.74, 6) is 0.980. The lowest BCUT2D eigenvalue weighted by molar-refractivity contribution is -0.131. The molecule has 0 aliphatic rings. The Morgan fingerprint density at radius 2 is 1.80 bits per heavy atom. The van der Waals surface area contributed by atoms with E-state index in [1.165, 1.54) is 27.4 Å². The fraction of sp³-hybridized carbons (Fsp3) is 0.143. The van der Waals surface area contributed by atoms with Crippen LogP contribution >= 0.6 is 34.4 Å². The van der Waals surface area contributed by atoms with Crippen LogP contribution in [0.2, 0.25) is 0 Å². The van der Waals surface area contributed by atoms with Gasteiger partial charge >= 0.3 is 5.97 Å². The molecular formula is C28H22IN3O7S. The monoisotopic (exact) mass is 671 g/mol. The number of halogens is 1. The first-order valence-corrected chi connectivity index (χ1v) is 13.4. The Bertz CT molecular complexity index is 1590. The summed E-state index contributed by atoms with van der Waals surface area (Å²) >= 11 is 2.91. The van der Waals surface area contributed by atoms with Gasteiger partial charge in [-0.3, -0.25) is 0 Å². The lowest BCUT2D eigenvalue weighted by Gasteiger charge is -2.14. The van der Waals surface area contributed by atoms with E-state index in [4.69, 9.17) is 23.4 Å². The van der Waals surface area contributed by atoms with E-state index in [-0.39, 0.29) is 22.6 Å². The molecule has 0 saturated carbocycles. The fourth-order valence-electron chi connectivity index (χ4n) is 3.55. The summed E-state index contributed by atoms with van der Waals surface area (Å²) in [5.41, 5.74) is 2.38. The molecule has 1 N–H and O–H groups in total. The summed E-state index contributed by atoms with van der Waals surface area (Å²) in [7, 11) is 4.55. The third kappa shape index (κ3) is 6.85. The summed E-state index contributed by atoms with van der Waals surface area (Å²) in [4.78, 5) is 12.0. The van der Waals surface area contributed by atoms with Crippen LogP contribution in [0.4, 0.5) is 0 Å². The van der Waals surface area contributed by atoms with Crippen molar-refractivity contribution in [2.24, 2.45) is 0 Å². The quantitative estimate of drug-likeness (QED) is 0.114. The third-order valence-electron chi connectivity index (χ3n) is 5.47. The Hall–Kier alpha value is -4.22. The number of thioether (sulfide) groups is 1. The van der Waals surface area contributed by atoms with Gasteiger partial charge in [0.25, 0.3) is 5.22 Å². The van der Waals surface area contributed by atoms with E-state index >= 15 is 0 Å². The number of nitrogens with zero attached hydrogens (tertiary/aromatic N) is 3. The summed E-state index contributed by atoms with van der Waals surface area (Å²) in [6, 6.07) is 17.9. The van der Waals surface area contributed by atoms with Crippen LogP contribution < -0.4 is 18.9 Å². The Kier molecular flexibility index (Phi) is 9.52. The van der Waals surface area contributed by atoms with Crippen molar-refractivity contribution in [2.45, 2.75) is 11.8 Å². The predicted octanol–water partition coefficient (Wildman–Crippen LogP) is 6.04. The van der Waals surface area contributed by atoms with Crippen LogP contribution in [0.15, 0.2) is 69.1 Å². The number of carboxylic acids is 1. The van der Waals surface area contributed by atoms with Gasteiger partial charge < -0.3 is 28.5 Å². The van der Waals surface area contributed by atoms with Crippen molar-refractivity contribution in [3.05, 3.63) is 79.8 Å². The van der Waals surface area contributed by atoms with E-state index in [1.807, 2.05) is 12.1 Å². The highest BCUT2D eigenvalue weighted by molar-refractivity contribution is 14.1. The molecule has 0 saturated heterocycles. The summed E-state index contributed by atoms with van der Waals surface area (Å²) in [6.07, 6.45) is 1.48. The molecule has 10 nitrogen and oxygen atoms in total. The maximum Gasteiger partial charge on any atom is 0.342 e. The molecule has 1 aromatic heterocycles. The van der Waals surface area contributed by atoms with Crippen molar-refractivity contribution in [1.29, 1.82) is 5.26 Å². The maximum atomic E-state index is 12.1. The molecule has 0 unspecified atom stereocenters. The number of aliphatic carboxylic acids is 1. The molecule has 0 radical (unpaired) electrons. The fourth-order valence-corrected chi connectivity index (χ4v) is 5.00. The smallest absolute Gasteiger partial charge is 0.342 e. The van der Waals surface area contributed by atoms with Crippen molar-refractivity contribution in [3.63, 3.8) is 0 Å². The number of benzene rings is 3. The minimum atomic E-state index is -1.17. The molecule has 4 aromatic rings. The number of methoxy groups -OCH3 is 3. The molecule has 0 fully saturated rings. The molecule has 0 aliphatic carbocycles. The summed E-state index contributed by atoms with van der Waals surface area (Å²) in [6.45, 7) is 0.167. The van der Waals surface area contributed by atoms with Crippen LogP contribution in [0.25, 0.3) is 17.5 Å². The molecule has 4 rings (SSSR count). The molecule has 204 valence electrons. The van der Waals surface area contributed by atoms with Gasteiger partial charge in [-0.1, -0.05) is 18.2 Å². The largest absolute Gasteiger partial charge is 0.497 e. The van der Waals surface area contributed by atoms with Gasteiger partial charge in [0.2, 0.25) is 5.89 Å². The lowest BCUT2D eigenvalue weighted by atomic mass is 10.1. The van der Waals surface area contributed by atoms with Gasteiger partial charge in [-0.15, -0.1) is 10.2 Å². The SMILES string of the molecule is COc1cc(OC)cc(-c2nnc(S/C(=C\c3cc(I)c(OCc4ccccc4C#N)c(OC)c3)C(=O)O)o2)c1. The zero-order valence-corrected chi connectivity index (χ0v) is 24.5. The Labute approximate surface area is 247 Å². The van der Waals surface area contributed by atoms with Gasteiger partial charge in [0.15, 0.2) is 11.5 Å². The van der Waals surface area contributed by atoms with E-state index in [0.717, 1.165) is 17.3 Å². The van der Waals surface area contributed by atoms with Gasteiger partial charge in [0.1, 0.15) is 23.0 Å². The second-order valence-corrected chi connectivity index (χ2v) is 10.1. The van der Waals surface area contributed by atoms with E-state index in [0.29, 0.717) is 43.3 Å². The van der Waals surface area contributed by atoms with E-state index < -0.39 is 5.97 Å². The van der Waals surface area contributed by atoms with Crippen molar-refractivity contribution in [2.75, 3.05) is 21.3 Å². The van der Waals surface area contributed by atoms with Crippen LogP contribution in [0, 0.1) is 14.9 Å². The van der Waals surface area contributed by atoms with Crippen LogP contribution in [0.5, 0.6) is 23.0 Å². The molecule has 0 atom stereocenters. The maximum absolute atomic E-state index is 12.1. The van der Waals surface area contributed by atoms with Crippen molar-refractivity contribution in [3.8, 4) is 40.5 Å². The molecule has 0 spiro atoms. The van der Waals surface area contributed by atoms with Crippen molar-refractivity contribution < 1.29 is 33.3 Å².